The first-order valence-corrected chi connectivity index (χ1v) is 8.43. The predicted molar refractivity (Wildman–Crippen MR) is 100 cm³/mol. The second-order valence-electron chi connectivity index (χ2n) is 5.14. The van der Waals surface area contributed by atoms with E-state index in [1.807, 2.05) is 24.3 Å². The maximum atomic E-state index is 11.9. The molecule has 3 aromatic heterocycles. The molecular formula is C16H12N8OS. The van der Waals surface area contributed by atoms with Crippen molar-refractivity contribution < 1.29 is 4.79 Å². The first-order valence-electron chi connectivity index (χ1n) is 7.55. The molecule has 0 saturated heterocycles. The van der Waals surface area contributed by atoms with Gasteiger partial charge in [0.2, 0.25) is 5.13 Å². The van der Waals surface area contributed by atoms with E-state index in [0.29, 0.717) is 22.2 Å². The number of hydrogen-bond donors (Lipinski definition) is 3. The smallest absolute Gasteiger partial charge is 0.308 e. The number of hydrogen-bond acceptors (Lipinski definition) is 7. The average Bonchev–Trinajstić information content (AvgIpc) is 3.30. The van der Waals surface area contributed by atoms with Crippen molar-refractivity contribution in [1.29, 1.82) is 0 Å². The maximum absolute atomic E-state index is 11.9. The largest absolute Gasteiger partial charge is 0.325 e. The molecule has 10 heteroatoms. The topological polar surface area (TPSA) is 121 Å². The minimum absolute atomic E-state index is 0.395. The first-order chi connectivity index (χ1) is 12.8. The van der Waals surface area contributed by atoms with E-state index in [1.165, 1.54) is 11.3 Å². The summed E-state index contributed by atoms with van der Waals surface area (Å²) in [7, 11) is 0. The Labute approximate surface area is 151 Å². The second-order valence-corrected chi connectivity index (χ2v) is 5.97. The molecule has 0 radical (unpaired) electrons. The van der Waals surface area contributed by atoms with Gasteiger partial charge in [0.05, 0.1) is 17.4 Å². The number of nitrogens with zero attached hydrogens (tertiary/aromatic N) is 5. The molecule has 9 nitrogen and oxygen atoms in total. The van der Waals surface area contributed by atoms with Crippen LogP contribution in [-0.4, -0.2) is 37.6 Å². The fourth-order valence-corrected chi connectivity index (χ4v) is 2.70. The van der Waals surface area contributed by atoms with Crippen LogP contribution < -0.4 is 10.6 Å². The molecule has 1 aromatic carbocycles. The molecule has 0 bridgehead atoms. The van der Waals surface area contributed by atoms with Crippen molar-refractivity contribution in [1.82, 2.24) is 25.4 Å². The summed E-state index contributed by atoms with van der Waals surface area (Å²) in [5.74, 6) is 0.613. The lowest BCUT2D eigenvalue weighted by atomic mass is 10.2. The summed E-state index contributed by atoms with van der Waals surface area (Å²) < 4.78 is 0. The van der Waals surface area contributed by atoms with Crippen LogP contribution in [0.25, 0.3) is 10.9 Å². The highest BCUT2D eigenvalue weighted by Crippen LogP contribution is 2.20. The minimum atomic E-state index is -0.395. The Bertz CT molecular complexity index is 1060. The molecule has 0 saturated carbocycles. The Morgan fingerprint density at radius 1 is 1.23 bits per heavy atom. The number of amides is 2. The van der Waals surface area contributed by atoms with Crippen LogP contribution in [0.4, 0.5) is 21.4 Å². The number of anilines is 2. The van der Waals surface area contributed by atoms with Gasteiger partial charge in [-0.25, -0.2) is 14.8 Å². The molecule has 128 valence electrons. The van der Waals surface area contributed by atoms with Crippen LogP contribution in [-0.2, 0) is 0 Å². The van der Waals surface area contributed by atoms with Gasteiger partial charge < -0.3 is 5.32 Å². The average molecular weight is 364 g/mol. The van der Waals surface area contributed by atoms with Gasteiger partial charge in [0.25, 0.3) is 0 Å². The quantitative estimate of drug-likeness (QED) is 0.480. The highest BCUT2D eigenvalue weighted by molar-refractivity contribution is 7.13. The second kappa shape index (κ2) is 7.07. The molecule has 4 rings (SSSR count). The monoisotopic (exact) mass is 364 g/mol. The number of fused-ring (bicyclic) bond motifs is 1. The van der Waals surface area contributed by atoms with E-state index in [0.717, 1.165) is 11.1 Å². The van der Waals surface area contributed by atoms with Gasteiger partial charge in [-0.05, 0) is 30.3 Å². The van der Waals surface area contributed by atoms with E-state index in [9.17, 15) is 4.79 Å². The number of benzene rings is 1. The van der Waals surface area contributed by atoms with Crippen LogP contribution in [0.5, 0.6) is 0 Å². The van der Waals surface area contributed by atoms with Crippen molar-refractivity contribution >= 4 is 51.1 Å². The zero-order valence-electron chi connectivity index (χ0n) is 13.2. The maximum Gasteiger partial charge on any atom is 0.325 e. The highest BCUT2D eigenvalue weighted by Gasteiger charge is 2.08. The third-order valence-electron chi connectivity index (χ3n) is 3.40. The Kier molecular flexibility index (Phi) is 4.31. The molecule has 0 atom stereocenters. The fourth-order valence-electron chi connectivity index (χ4n) is 2.26. The zero-order valence-corrected chi connectivity index (χ0v) is 14.1. The van der Waals surface area contributed by atoms with Crippen molar-refractivity contribution in [2.24, 2.45) is 4.99 Å². The zero-order chi connectivity index (χ0) is 17.8. The number of nitrogens with one attached hydrogen (secondary N) is 3. The Morgan fingerprint density at radius 2 is 2.19 bits per heavy atom. The lowest BCUT2D eigenvalue weighted by Gasteiger charge is -2.04. The third-order valence-corrected chi connectivity index (χ3v) is 4.00. The highest BCUT2D eigenvalue weighted by atomic mass is 32.1. The van der Waals surface area contributed by atoms with Gasteiger partial charge in [-0.15, -0.1) is 10.2 Å². The van der Waals surface area contributed by atoms with Gasteiger partial charge in [-0.3, -0.25) is 10.4 Å². The standard InChI is InChI=1S/C16H12N8OS/c25-15(21-16-24-19-9-26-16)20-10-4-5-11-12(7-10)22-23-13(11)8-18-14-3-1-2-6-17-14/h1-9H,(H,22,23)(H2,20,21,24,25)/b18-8+. The van der Waals surface area contributed by atoms with Crippen molar-refractivity contribution in [2.75, 3.05) is 10.6 Å². The molecule has 0 spiro atoms. The van der Waals surface area contributed by atoms with E-state index in [4.69, 9.17) is 0 Å². The Balaban J connectivity index is 1.50. The van der Waals surface area contributed by atoms with E-state index in [2.05, 4.69) is 41.0 Å². The summed E-state index contributed by atoms with van der Waals surface area (Å²) in [6, 6.07) is 10.5. The van der Waals surface area contributed by atoms with Gasteiger partial charge >= 0.3 is 6.03 Å². The molecule has 0 unspecified atom stereocenters. The molecule has 0 aliphatic carbocycles. The van der Waals surface area contributed by atoms with Crippen LogP contribution in [0.1, 0.15) is 5.69 Å². The van der Waals surface area contributed by atoms with E-state index in [-0.39, 0.29) is 0 Å². The lowest BCUT2D eigenvalue weighted by molar-refractivity contribution is 0.262. The molecule has 0 aliphatic rings. The van der Waals surface area contributed by atoms with Gasteiger partial charge in [0.15, 0.2) is 5.82 Å². The van der Waals surface area contributed by atoms with Crippen LogP contribution in [0, 0.1) is 0 Å². The Hall–Kier alpha value is -3.66. The van der Waals surface area contributed by atoms with Gasteiger partial charge in [0, 0.05) is 17.3 Å². The van der Waals surface area contributed by atoms with Crippen LogP contribution in [0.2, 0.25) is 0 Å². The van der Waals surface area contributed by atoms with Crippen LogP contribution in [0.15, 0.2) is 53.1 Å². The molecule has 4 aromatic rings. The number of aliphatic imine (C=N–C) groups is 1. The summed E-state index contributed by atoms with van der Waals surface area (Å²) in [6.07, 6.45) is 3.36. The Morgan fingerprint density at radius 3 is 3.00 bits per heavy atom. The van der Waals surface area contributed by atoms with Gasteiger partial charge in [-0.2, -0.15) is 5.10 Å². The summed E-state index contributed by atoms with van der Waals surface area (Å²) in [6.45, 7) is 0. The van der Waals surface area contributed by atoms with Crippen molar-refractivity contribution in [3.05, 3.63) is 53.8 Å². The lowest BCUT2D eigenvalue weighted by Crippen LogP contribution is -2.19. The SMILES string of the molecule is O=C(Nc1ccc2c(/C=N/c3ccccn3)[nH]nc2c1)Nc1nncs1. The van der Waals surface area contributed by atoms with E-state index < -0.39 is 6.03 Å². The number of pyridine rings is 1. The molecule has 0 fully saturated rings. The first kappa shape index (κ1) is 15.8. The molecule has 26 heavy (non-hydrogen) atoms. The third kappa shape index (κ3) is 3.54. The summed E-state index contributed by atoms with van der Waals surface area (Å²) >= 11 is 1.24. The number of carbonyl (C=O) groups is 1. The predicted octanol–water partition coefficient (Wildman–Crippen LogP) is 3.20. The normalized spacial score (nSPS) is 11.1. The van der Waals surface area contributed by atoms with E-state index >= 15 is 0 Å². The van der Waals surface area contributed by atoms with E-state index in [1.54, 1.807) is 30.1 Å². The van der Waals surface area contributed by atoms with Gasteiger partial charge in [-0.1, -0.05) is 17.4 Å². The van der Waals surface area contributed by atoms with Crippen molar-refractivity contribution in [3.8, 4) is 0 Å². The number of carbonyl (C=O) groups excluding carboxylic acids is 1. The molecule has 0 aliphatic heterocycles. The van der Waals surface area contributed by atoms with Gasteiger partial charge in [0.1, 0.15) is 5.51 Å². The summed E-state index contributed by atoms with van der Waals surface area (Å²) in [4.78, 5) is 20.4. The number of rotatable bonds is 4. The molecule has 2 amide bonds. The molecular weight excluding hydrogens is 352 g/mol. The number of H-pyrrole nitrogens is 1. The molecule has 3 N–H and O–H groups in total. The molecule has 3 heterocycles. The van der Waals surface area contributed by atoms with Crippen molar-refractivity contribution in [3.63, 3.8) is 0 Å². The van der Waals surface area contributed by atoms with Crippen LogP contribution >= 0.6 is 11.3 Å². The minimum Gasteiger partial charge on any atom is -0.308 e. The number of aromatic nitrogens is 5. The van der Waals surface area contributed by atoms with Crippen molar-refractivity contribution in [2.45, 2.75) is 0 Å². The van der Waals surface area contributed by atoms with Crippen LogP contribution in [0.3, 0.4) is 0 Å². The number of aromatic amines is 1. The fraction of sp³-hybridized carbons (Fsp3) is 0. The summed E-state index contributed by atoms with van der Waals surface area (Å²) in [5, 5.41) is 21.2. The number of urea groups is 1. The summed E-state index contributed by atoms with van der Waals surface area (Å²) in [5.41, 5.74) is 3.62.